The smallest absolute Gasteiger partial charge is 0.414 e. The Hall–Kier alpha value is -3.93. The Morgan fingerprint density at radius 3 is 2.81 bits per heavy atom. The number of pyridine rings is 1. The average Bonchev–Trinajstić information content (AvgIpc) is 3.48. The van der Waals surface area contributed by atoms with Gasteiger partial charge >= 0.3 is 6.09 Å². The zero-order valence-corrected chi connectivity index (χ0v) is 18.0. The first-order valence-electron chi connectivity index (χ1n) is 9.74. The quantitative estimate of drug-likeness (QED) is 0.492. The lowest BCUT2D eigenvalue weighted by Gasteiger charge is -2.18. The Morgan fingerprint density at radius 2 is 2.03 bits per heavy atom. The van der Waals surface area contributed by atoms with Gasteiger partial charge in [-0.05, 0) is 19.1 Å². The van der Waals surface area contributed by atoms with Crippen molar-refractivity contribution in [3.63, 3.8) is 0 Å². The highest BCUT2D eigenvalue weighted by Crippen LogP contribution is 2.26. The molecule has 0 radical (unpaired) electrons. The molecule has 0 unspecified atom stereocenters. The molecular formula is C20H19N7O4S. The predicted molar refractivity (Wildman–Crippen MR) is 116 cm³/mol. The molecule has 1 aromatic carbocycles. The Morgan fingerprint density at radius 1 is 1.19 bits per heavy atom. The summed E-state index contributed by atoms with van der Waals surface area (Å²) in [5.74, 6) is 0.365. The molecule has 4 aromatic rings. The summed E-state index contributed by atoms with van der Waals surface area (Å²) in [6, 6.07) is 8.50. The van der Waals surface area contributed by atoms with Crippen LogP contribution in [0.2, 0.25) is 0 Å². The topological polar surface area (TPSA) is 124 Å². The second kappa shape index (κ2) is 7.34. The van der Waals surface area contributed by atoms with Gasteiger partial charge in [0, 0.05) is 24.7 Å². The molecule has 5 rings (SSSR count). The van der Waals surface area contributed by atoms with E-state index in [9.17, 15) is 13.2 Å². The maximum Gasteiger partial charge on any atom is 0.414 e. The minimum Gasteiger partial charge on any atom is -0.447 e. The molecule has 1 saturated heterocycles. The van der Waals surface area contributed by atoms with Crippen molar-refractivity contribution in [2.75, 3.05) is 16.2 Å². The van der Waals surface area contributed by atoms with Crippen LogP contribution in [0.15, 0.2) is 60.0 Å². The van der Waals surface area contributed by atoms with Gasteiger partial charge in [0.25, 0.3) is 10.0 Å². The molecule has 1 aliphatic rings. The molecule has 1 N–H and O–H groups in total. The highest BCUT2D eigenvalue weighted by Gasteiger charge is 2.31. The molecule has 1 fully saturated rings. The number of nitrogens with zero attached hydrogens (tertiary/aromatic N) is 6. The number of para-hydroxylation sites is 1. The largest absolute Gasteiger partial charge is 0.447 e. The van der Waals surface area contributed by atoms with E-state index in [1.807, 2.05) is 13.0 Å². The van der Waals surface area contributed by atoms with Crippen molar-refractivity contribution in [3.8, 4) is 5.82 Å². The molecule has 3 aromatic heterocycles. The van der Waals surface area contributed by atoms with Crippen LogP contribution in [0.3, 0.4) is 0 Å². The molecule has 0 aliphatic carbocycles. The molecule has 1 amide bonds. The number of benzene rings is 1. The van der Waals surface area contributed by atoms with Gasteiger partial charge in [-0.15, -0.1) is 0 Å². The zero-order valence-electron chi connectivity index (χ0n) is 17.2. The number of hydrogen-bond acceptors (Lipinski definition) is 7. The molecule has 0 spiro atoms. The Balaban J connectivity index is 1.45. The Labute approximate surface area is 183 Å². The first kappa shape index (κ1) is 20.0. The van der Waals surface area contributed by atoms with Crippen LogP contribution in [0.25, 0.3) is 16.7 Å². The molecule has 0 bridgehead atoms. The number of amides is 1. The standard InChI is InChI=1S/C20H19N7O4S/c1-13-12-31-20(28)27(13)15-6-7-21-18(8-15)26-11-16(10-23-26)32(29,30)24-17-5-3-4-14-9-22-25(2)19(14)17/h3-11,13,24H,12H2,1-2H3/t13-/m0/s1. The van der Waals surface area contributed by atoms with Crippen LogP contribution in [0.4, 0.5) is 16.2 Å². The van der Waals surface area contributed by atoms with Crippen LogP contribution in [-0.4, -0.2) is 51.7 Å². The van der Waals surface area contributed by atoms with E-state index >= 15 is 0 Å². The van der Waals surface area contributed by atoms with Gasteiger partial charge in [0.2, 0.25) is 0 Å². The molecule has 164 valence electrons. The summed E-state index contributed by atoms with van der Waals surface area (Å²) < 4.78 is 36.6. The lowest BCUT2D eigenvalue weighted by Crippen LogP contribution is -2.31. The van der Waals surface area contributed by atoms with Gasteiger partial charge in [-0.25, -0.2) is 22.9 Å². The number of aryl methyl sites for hydroxylation is 1. The van der Waals surface area contributed by atoms with Crippen molar-refractivity contribution in [2.45, 2.75) is 17.9 Å². The molecule has 0 saturated carbocycles. The molecular weight excluding hydrogens is 434 g/mol. The monoisotopic (exact) mass is 453 g/mol. The van der Waals surface area contributed by atoms with E-state index in [4.69, 9.17) is 4.74 Å². The summed E-state index contributed by atoms with van der Waals surface area (Å²) in [6.45, 7) is 2.17. The summed E-state index contributed by atoms with van der Waals surface area (Å²) in [4.78, 5) is 17.7. The summed E-state index contributed by atoms with van der Waals surface area (Å²) in [6.07, 6.45) is 5.36. The SMILES string of the molecule is C[C@H]1COC(=O)N1c1ccnc(-n2cc(S(=O)(=O)Nc3cccc4cnn(C)c34)cn2)c1. The maximum absolute atomic E-state index is 13.0. The lowest BCUT2D eigenvalue weighted by atomic mass is 10.2. The number of rotatable bonds is 5. The first-order chi connectivity index (χ1) is 15.3. The number of anilines is 2. The number of cyclic esters (lactones) is 1. The molecule has 32 heavy (non-hydrogen) atoms. The fraction of sp³-hybridized carbons (Fsp3) is 0.200. The van der Waals surface area contributed by atoms with Crippen LogP contribution in [-0.2, 0) is 21.8 Å². The van der Waals surface area contributed by atoms with Crippen molar-refractivity contribution in [1.82, 2.24) is 24.5 Å². The van der Waals surface area contributed by atoms with Gasteiger partial charge in [-0.3, -0.25) is 14.3 Å². The number of carbonyl (C=O) groups is 1. The van der Waals surface area contributed by atoms with E-state index in [-0.39, 0.29) is 10.9 Å². The summed E-state index contributed by atoms with van der Waals surface area (Å²) in [5, 5.41) is 9.15. The molecule has 1 aliphatic heterocycles. The first-order valence-corrected chi connectivity index (χ1v) is 11.2. The van der Waals surface area contributed by atoms with Crippen molar-refractivity contribution >= 4 is 38.4 Å². The number of nitrogens with one attached hydrogen (secondary N) is 1. The van der Waals surface area contributed by atoms with Gasteiger partial charge in [0.15, 0.2) is 5.82 Å². The average molecular weight is 453 g/mol. The van der Waals surface area contributed by atoms with Crippen LogP contribution in [0, 0.1) is 0 Å². The van der Waals surface area contributed by atoms with Crippen LogP contribution >= 0.6 is 0 Å². The fourth-order valence-electron chi connectivity index (χ4n) is 3.65. The van der Waals surface area contributed by atoms with Crippen LogP contribution < -0.4 is 9.62 Å². The Kier molecular flexibility index (Phi) is 4.59. The number of ether oxygens (including phenoxy) is 1. The van der Waals surface area contributed by atoms with E-state index in [0.29, 0.717) is 29.3 Å². The number of fused-ring (bicyclic) bond motifs is 1. The minimum atomic E-state index is -3.92. The van der Waals surface area contributed by atoms with Crippen molar-refractivity contribution in [2.24, 2.45) is 7.05 Å². The van der Waals surface area contributed by atoms with E-state index in [1.54, 1.807) is 42.2 Å². The summed E-state index contributed by atoms with van der Waals surface area (Å²) >= 11 is 0. The normalized spacial score (nSPS) is 16.5. The summed E-state index contributed by atoms with van der Waals surface area (Å²) in [7, 11) is -2.17. The van der Waals surface area contributed by atoms with Crippen LogP contribution in [0.5, 0.6) is 0 Å². The van der Waals surface area contributed by atoms with E-state index in [2.05, 4.69) is 19.9 Å². The number of carbonyl (C=O) groups excluding carboxylic acids is 1. The molecule has 11 nitrogen and oxygen atoms in total. The lowest BCUT2D eigenvalue weighted by molar-refractivity contribution is 0.179. The van der Waals surface area contributed by atoms with Gasteiger partial charge in [0.1, 0.15) is 11.5 Å². The Bertz CT molecular complexity index is 1440. The third-order valence-corrected chi connectivity index (χ3v) is 6.52. The van der Waals surface area contributed by atoms with Gasteiger partial charge in [0.05, 0.1) is 41.5 Å². The highest BCUT2D eigenvalue weighted by atomic mass is 32.2. The van der Waals surface area contributed by atoms with E-state index < -0.39 is 16.1 Å². The zero-order chi connectivity index (χ0) is 22.5. The van der Waals surface area contributed by atoms with Crippen molar-refractivity contribution in [3.05, 3.63) is 55.1 Å². The number of aromatic nitrogens is 5. The maximum atomic E-state index is 13.0. The number of sulfonamides is 1. The predicted octanol–water partition coefficient (Wildman–Crippen LogP) is 2.30. The van der Waals surface area contributed by atoms with Crippen molar-refractivity contribution < 1.29 is 17.9 Å². The third kappa shape index (κ3) is 3.34. The molecule has 12 heteroatoms. The third-order valence-electron chi connectivity index (χ3n) is 5.20. The second-order valence-corrected chi connectivity index (χ2v) is 9.09. The minimum absolute atomic E-state index is 0.0298. The van der Waals surface area contributed by atoms with Gasteiger partial charge in [-0.2, -0.15) is 10.2 Å². The van der Waals surface area contributed by atoms with Crippen LogP contribution in [0.1, 0.15) is 6.92 Å². The fourth-order valence-corrected chi connectivity index (χ4v) is 4.64. The summed E-state index contributed by atoms with van der Waals surface area (Å²) in [5.41, 5.74) is 1.67. The van der Waals surface area contributed by atoms with E-state index in [1.165, 1.54) is 28.2 Å². The van der Waals surface area contributed by atoms with Gasteiger partial charge < -0.3 is 4.74 Å². The van der Waals surface area contributed by atoms with Crippen molar-refractivity contribution in [1.29, 1.82) is 0 Å². The second-order valence-electron chi connectivity index (χ2n) is 7.41. The van der Waals surface area contributed by atoms with Gasteiger partial charge in [-0.1, -0.05) is 12.1 Å². The number of hydrogen-bond donors (Lipinski definition) is 1. The molecule has 4 heterocycles. The molecule has 1 atom stereocenters. The highest BCUT2D eigenvalue weighted by molar-refractivity contribution is 7.92. The van der Waals surface area contributed by atoms with E-state index in [0.717, 1.165) is 5.39 Å².